The Hall–Kier alpha value is -1.23. The zero-order chi connectivity index (χ0) is 10.7. The molecular formula is C8H14O5. The maximum atomic E-state index is 9.56. The number of carbonyl (C=O) groups excluding carboxylic acids is 2. The summed E-state index contributed by atoms with van der Waals surface area (Å²) in [5.41, 5.74) is 0. The molecule has 0 aromatic rings. The van der Waals surface area contributed by atoms with Crippen molar-refractivity contribution in [2.75, 3.05) is 0 Å². The van der Waals surface area contributed by atoms with E-state index in [9.17, 15) is 14.4 Å². The van der Waals surface area contributed by atoms with Gasteiger partial charge in [0, 0.05) is 12.8 Å². The smallest absolute Gasteiger partial charge is 0.332 e. The van der Waals surface area contributed by atoms with Gasteiger partial charge in [-0.15, -0.1) is 0 Å². The minimum Gasteiger partial charge on any atom is -0.479 e. The van der Waals surface area contributed by atoms with Gasteiger partial charge in [-0.2, -0.15) is 0 Å². The first-order valence-electron chi connectivity index (χ1n) is 3.84. The van der Waals surface area contributed by atoms with Crippen LogP contribution < -0.4 is 0 Å². The Kier molecular flexibility index (Phi) is 11.8. The molecule has 0 rings (SSSR count). The molecule has 0 fully saturated rings. The third kappa shape index (κ3) is 18.1. The van der Waals surface area contributed by atoms with E-state index in [1.165, 1.54) is 6.92 Å². The molecule has 1 atom stereocenters. The van der Waals surface area contributed by atoms with E-state index in [4.69, 9.17) is 10.2 Å². The maximum absolute atomic E-state index is 9.56. The summed E-state index contributed by atoms with van der Waals surface area (Å²) in [6.07, 6.45) is 2.14. The van der Waals surface area contributed by atoms with Crippen LogP contribution in [0.1, 0.15) is 26.2 Å². The van der Waals surface area contributed by atoms with Gasteiger partial charge < -0.3 is 19.8 Å². The Balaban J connectivity index is 0. The standard InChI is InChI=1S/C5H8O2.C3H6O3/c6-4-2-1-3-5-7;1-2(4)3(5)6/h4-5H,1-3H2;2,4H,1H3,(H,5,6). The van der Waals surface area contributed by atoms with E-state index in [1.54, 1.807) is 0 Å². The highest BCUT2D eigenvalue weighted by atomic mass is 16.4. The van der Waals surface area contributed by atoms with Gasteiger partial charge in [-0.05, 0) is 13.3 Å². The minimum atomic E-state index is -1.23. The maximum Gasteiger partial charge on any atom is 0.332 e. The van der Waals surface area contributed by atoms with Crippen LogP contribution in [0.25, 0.3) is 0 Å². The molecule has 0 heterocycles. The predicted octanol–water partition coefficient (Wildman–Crippen LogP) is 0.00630. The molecule has 0 aliphatic carbocycles. The summed E-state index contributed by atoms with van der Waals surface area (Å²) in [5, 5.41) is 15.8. The Morgan fingerprint density at radius 1 is 1.31 bits per heavy atom. The molecule has 0 saturated carbocycles. The van der Waals surface area contributed by atoms with Crippen molar-refractivity contribution in [3.63, 3.8) is 0 Å². The number of aliphatic carboxylic acids is 1. The number of aldehydes is 2. The third-order valence-corrected chi connectivity index (χ3v) is 1.00. The van der Waals surface area contributed by atoms with E-state index in [0.29, 0.717) is 19.3 Å². The predicted molar refractivity (Wildman–Crippen MR) is 45.3 cm³/mol. The van der Waals surface area contributed by atoms with Gasteiger partial charge in [0.2, 0.25) is 0 Å². The van der Waals surface area contributed by atoms with Crippen LogP contribution in [0.4, 0.5) is 0 Å². The van der Waals surface area contributed by atoms with E-state index in [0.717, 1.165) is 12.6 Å². The van der Waals surface area contributed by atoms with Crippen molar-refractivity contribution in [1.82, 2.24) is 0 Å². The summed E-state index contributed by atoms with van der Waals surface area (Å²) in [7, 11) is 0. The van der Waals surface area contributed by atoms with Gasteiger partial charge in [0.1, 0.15) is 18.7 Å². The second-order valence-corrected chi connectivity index (χ2v) is 2.28. The number of rotatable bonds is 5. The van der Waals surface area contributed by atoms with Crippen LogP contribution in [0.3, 0.4) is 0 Å². The molecule has 0 bridgehead atoms. The largest absolute Gasteiger partial charge is 0.479 e. The Morgan fingerprint density at radius 3 is 1.77 bits per heavy atom. The molecule has 0 saturated heterocycles. The molecule has 0 radical (unpaired) electrons. The van der Waals surface area contributed by atoms with Crippen molar-refractivity contribution >= 4 is 18.5 Å². The molecule has 5 nitrogen and oxygen atoms in total. The summed E-state index contributed by atoms with van der Waals surface area (Å²) in [6, 6.07) is 0. The second-order valence-electron chi connectivity index (χ2n) is 2.28. The molecule has 0 amide bonds. The summed E-state index contributed by atoms with van der Waals surface area (Å²) >= 11 is 0. The Bertz CT molecular complexity index is 145. The topological polar surface area (TPSA) is 91.7 Å². The lowest BCUT2D eigenvalue weighted by Crippen LogP contribution is -2.13. The van der Waals surface area contributed by atoms with Gasteiger partial charge in [-0.1, -0.05) is 0 Å². The van der Waals surface area contributed by atoms with E-state index in [2.05, 4.69) is 0 Å². The summed E-state index contributed by atoms with van der Waals surface area (Å²) in [6.45, 7) is 1.20. The lowest BCUT2D eigenvalue weighted by atomic mass is 10.3. The van der Waals surface area contributed by atoms with Crippen LogP contribution in [0.5, 0.6) is 0 Å². The van der Waals surface area contributed by atoms with Crippen molar-refractivity contribution < 1.29 is 24.6 Å². The molecule has 76 valence electrons. The number of aliphatic hydroxyl groups excluding tert-OH is 1. The quantitative estimate of drug-likeness (QED) is 0.470. The van der Waals surface area contributed by atoms with Crippen molar-refractivity contribution in [3.8, 4) is 0 Å². The highest BCUT2D eigenvalue weighted by Crippen LogP contribution is 1.85. The molecule has 1 unspecified atom stereocenters. The van der Waals surface area contributed by atoms with Crippen LogP contribution in [-0.4, -0.2) is 34.9 Å². The van der Waals surface area contributed by atoms with E-state index < -0.39 is 12.1 Å². The van der Waals surface area contributed by atoms with Crippen LogP contribution in [-0.2, 0) is 14.4 Å². The zero-order valence-electron chi connectivity index (χ0n) is 7.47. The molecule has 0 aromatic carbocycles. The van der Waals surface area contributed by atoms with Gasteiger partial charge in [-0.25, -0.2) is 4.79 Å². The Labute approximate surface area is 76.4 Å². The van der Waals surface area contributed by atoms with Crippen LogP contribution in [0.15, 0.2) is 0 Å². The highest BCUT2D eigenvalue weighted by molar-refractivity contribution is 5.71. The molecule has 2 N–H and O–H groups in total. The fourth-order valence-electron chi connectivity index (χ4n) is 0.285. The van der Waals surface area contributed by atoms with Gasteiger partial charge in [-0.3, -0.25) is 0 Å². The fraction of sp³-hybridized carbons (Fsp3) is 0.625. The van der Waals surface area contributed by atoms with Gasteiger partial charge in [0.05, 0.1) is 0 Å². The molecular weight excluding hydrogens is 176 g/mol. The average molecular weight is 190 g/mol. The van der Waals surface area contributed by atoms with Crippen molar-refractivity contribution in [2.24, 2.45) is 0 Å². The monoisotopic (exact) mass is 190 g/mol. The van der Waals surface area contributed by atoms with E-state index >= 15 is 0 Å². The highest BCUT2D eigenvalue weighted by Gasteiger charge is 2.01. The van der Waals surface area contributed by atoms with Gasteiger partial charge >= 0.3 is 5.97 Å². The normalized spacial score (nSPS) is 10.6. The first-order chi connectivity index (χ1) is 6.06. The average Bonchev–Trinajstić information content (AvgIpc) is 2.06. The molecule has 13 heavy (non-hydrogen) atoms. The van der Waals surface area contributed by atoms with E-state index in [-0.39, 0.29) is 0 Å². The van der Waals surface area contributed by atoms with Crippen LogP contribution in [0, 0.1) is 0 Å². The fourth-order valence-corrected chi connectivity index (χ4v) is 0.285. The van der Waals surface area contributed by atoms with E-state index in [1.807, 2.05) is 0 Å². The van der Waals surface area contributed by atoms with Crippen molar-refractivity contribution in [2.45, 2.75) is 32.3 Å². The zero-order valence-corrected chi connectivity index (χ0v) is 7.47. The van der Waals surface area contributed by atoms with Gasteiger partial charge in [0.25, 0.3) is 0 Å². The summed E-state index contributed by atoms with van der Waals surface area (Å²) in [5.74, 6) is -1.19. The third-order valence-electron chi connectivity index (χ3n) is 1.00. The van der Waals surface area contributed by atoms with Crippen molar-refractivity contribution in [3.05, 3.63) is 0 Å². The number of hydrogen-bond donors (Lipinski definition) is 2. The number of aliphatic hydroxyl groups is 1. The minimum absolute atomic E-state index is 0.513. The second kappa shape index (κ2) is 10.8. The first kappa shape index (κ1) is 14.3. The first-order valence-corrected chi connectivity index (χ1v) is 3.84. The number of carboxylic acid groups (broad SMARTS) is 1. The number of hydrogen-bond acceptors (Lipinski definition) is 4. The number of carbonyl (C=O) groups is 3. The van der Waals surface area contributed by atoms with Crippen molar-refractivity contribution in [1.29, 1.82) is 0 Å². The number of carboxylic acids is 1. The summed E-state index contributed by atoms with van der Waals surface area (Å²) < 4.78 is 0. The molecule has 0 spiro atoms. The molecule has 0 aromatic heterocycles. The molecule has 5 heteroatoms. The Morgan fingerprint density at radius 2 is 1.62 bits per heavy atom. The molecule has 0 aliphatic heterocycles. The lowest BCUT2D eigenvalue weighted by molar-refractivity contribution is -0.145. The lowest BCUT2D eigenvalue weighted by Gasteiger charge is -1.89. The molecule has 0 aliphatic rings. The van der Waals surface area contributed by atoms with Gasteiger partial charge in [0.15, 0.2) is 0 Å². The number of unbranched alkanes of at least 4 members (excludes halogenated alkanes) is 2. The van der Waals surface area contributed by atoms with Crippen LogP contribution in [0.2, 0.25) is 0 Å². The SMILES string of the molecule is CC(O)C(=O)O.O=CCCCC=O. The van der Waals surface area contributed by atoms with Crippen LogP contribution >= 0.6 is 0 Å². The summed E-state index contributed by atoms with van der Waals surface area (Å²) in [4.78, 5) is 28.6.